The van der Waals surface area contributed by atoms with E-state index >= 15 is 0 Å². The van der Waals surface area contributed by atoms with Crippen LogP contribution in [0, 0.1) is 5.92 Å². The Hall–Kier alpha value is -1.45. The second kappa shape index (κ2) is 5.68. The number of hydrogen-bond acceptors (Lipinski definition) is 2. The van der Waals surface area contributed by atoms with Crippen LogP contribution in [0.25, 0.3) is 0 Å². The molecule has 1 heterocycles. The number of nitrogen functional groups attached to an aromatic ring is 1. The third-order valence-corrected chi connectivity index (χ3v) is 3.80. The van der Waals surface area contributed by atoms with Gasteiger partial charge in [-0.15, -0.1) is 0 Å². The SMILES string of the molecule is CCC(CC1CC1)NC(=O)c1cc(N)cn1C(C)C. The summed E-state index contributed by atoms with van der Waals surface area (Å²) in [6, 6.07) is 2.29. The predicted molar refractivity (Wildman–Crippen MR) is 78.1 cm³/mol. The van der Waals surface area contributed by atoms with Crippen molar-refractivity contribution in [3.05, 3.63) is 18.0 Å². The molecule has 0 radical (unpaired) electrons. The van der Waals surface area contributed by atoms with Crippen LogP contribution in [0.2, 0.25) is 0 Å². The van der Waals surface area contributed by atoms with E-state index < -0.39 is 0 Å². The molecule has 106 valence electrons. The Morgan fingerprint density at radius 3 is 2.74 bits per heavy atom. The minimum atomic E-state index is -0.00194. The monoisotopic (exact) mass is 263 g/mol. The molecule has 1 fully saturated rings. The molecular formula is C15H25N3O. The van der Waals surface area contributed by atoms with Crippen molar-refractivity contribution in [2.24, 2.45) is 5.92 Å². The lowest BCUT2D eigenvalue weighted by atomic mass is 10.1. The van der Waals surface area contributed by atoms with E-state index in [2.05, 4.69) is 26.1 Å². The summed E-state index contributed by atoms with van der Waals surface area (Å²) < 4.78 is 1.94. The van der Waals surface area contributed by atoms with Crippen LogP contribution in [0.5, 0.6) is 0 Å². The van der Waals surface area contributed by atoms with Crippen molar-refractivity contribution in [2.45, 2.75) is 58.5 Å². The first kappa shape index (κ1) is 14.0. The van der Waals surface area contributed by atoms with Gasteiger partial charge in [0.2, 0.25) is 0 Å². The Balaban J connectivity index is 2.05. The number of anilines is 1. The maximum Gasteiger partial charge on any atom is 0.268 e. The van der Waals surface area contributed by atoms with E-state index in [-0.39, 0.29) is 18.0 Å². The van der Waals surface area contributed by atoms with E-state index in [9.17, 15) is 4.79 Å². The number of nitrogens with zero attached hydrogens (tertiary/aromatic N) is 1. The summed E-state index contributed by atoms with van der Waals surface area (Å²) in [5.41, 5.74) is 7.12. The molecule has 1 aromatic rings. The largest absolute Gasteiger partial charge is 0.397 e. The van der Waals surface area contributed by atoms with Gasteiger partial charge >= 0.3 is 0 Å². The first-order valence-electron chi connectivity index (χ1n) is 7.29. The summed E-state index contributed by atoms with van der Waals surface area (Å²) >= 11 is 0. The zero-order valence-electron chi connectivity index (χ0n) is 12.1. The van der Waals surface area contributed by atoms with Gasteiger partial charge in [0.1, 0.15) is 5.69 Å². The molecule has 4 nitrogen and oxygen atoms in total. The third kappa shape index (κ3) is 3.52. The zero-order valence-corrected chi connectivity index (χ0v) is 12.1. The zero-order chi connectivity index (χ0) is 14.0. The van der Waals surface area contributed by atoms with Crippen molar-refractivity contribution in [1.29, 1.82) is 0 Å². The van der Waals surface area contributed by atoms with Gasteiger partial charge in [0.05, 0.1) is 5.69 Å². The van der Waals surface area contributed by atoms with Gasteiger partial charge in [-0.25, -0.2) is 0 Å². The van der Waals surface area contributed by atoms with E-state index in [1.165, 1.54) is 12.8 Å². The Morgan fingerprint density at radius 1 is 1.53 bits per heavy atom. The van der Waals surface area contributed by atoms with Gasteiger partial charge in [0.15, 0.2) is 0 Å². The van der Waals surface area contributed by atoms with Crippen LogP contribution in [0.4, 0.5) is 5.69 Å². The van der Waals surface area contributed by atoms with Gasteiger partial charge in [-0.1, -0.05) is 19.8 Å². The molecule has 1 amide bonds. The van der Waals surface area contributed by atoms with Crippen molar-refractivity contribution < 1.29 is 4.79 Å². The van der Waals surface area contributed by atoms with Gasteiger partial charge < -0.3 is 15.6 Å². The average Bonchev–Trinajstić information content (AvgIpc) is 3.08. The smallest absolute Gasteiger partial charge is 0.268 e. The molecule has 1 saturated carbocycles. The molecule has 2 rings (SSSR count). The van der Waals surface area contributed by atoms with Crippen molar-refractivity contribution in [3.63, 3.8) is 0 Å². The molecule has 4 heteroatoms. The molecule has 0 aliphatic heterocycles. The van der Waals surface area contributed by atoms with E-state index in [0.717, 1.165) is 18.8 Å². The fourth-order valence-electron chi connectivity index (χ4n) is 2.45. The number of rotatable bonds is 6. The molecule has 1 aliphatic rings. The fourth-order valence-corrected chi connectivity index (χ4v) is 2.45. The van der Waals surface area contributed by atoms with Gasteiger partial charge in [-0.3, -0.25) is 4.79 Å². The number of nitrogens with one attached hydrogen (secondary N) is 1. The predicted octanol–water partition coefficient (Wildman–Crippen LogP) is 2.96. The van der Waals surface area contributed by atoms with E-state index in [1.807, 2.05) is 10.8 Å². The standard InChI is InChI=1S/C15H25N3O/c1-4-13(7-11-5-6-11)17-15(19)14-8-12(16)9-18(14)10(2)3/h8-11,13H,4-7,16H2,1-3H3,(H,17,19). The fraction of sp³-hybridized carbons (Fsp3) is 0.667. The molecule has 19 heavy (non-hydrogen) atoms. The number of aromatic nitrogens is 1. The summed E-state index contributed by atoms with van der Waals surface area (Å²) in [5, 5.41) is 3.15. The average molecular weight is 263 g/mol. The summed E-state index contributed by atoms with van der Waals surface area (Å²) in [7, 11) is 0. The Bertz CT molecular complexity index is 446. The summed E-state index contributed by atoms with van der Waals surface area (Å²) in [4.78, 5) is 12.4. The quantitative estimate of drug-likeness (QED) is 0.829. The number of nitrogens with two attached hydrogens (primary N) is 1. The molecule has 1 aromatic heterocycles. The van der Waals surface area contributed by atoms with Crippen LogP contribution in [-0.4, -0.2) is 16.5 Å². The lowest BCUT2D eigenvalue weighted by Gasteiger charge is -2.18. The normalized spacial score (nSPS) is 16.6. The van der Waals surface area contributed by atoms with Crippen molar-refractivity contribution in [3.8, 4) is 0 Å². The highest BCUT2D eigenvalue weighted by molar-refractivity contribution is 5.94. The van der Waals surface area contributed by atoms with Gasteiger partial charge in [-0.2, -0.15) is 0 Å². The van der Waals surface area contributed by atoms with Crippen molar-refractivity contribution in [2.75, 3.05) is 5.73 Å². The van der Waals surface area contributed by atoms with Crippen molar-refractivity contribution in [1.82, 2.24) is 9.88 Å². The lowest BCUT2D eigenvalue weighted by molar-refractivity contribution is 0.0922. The molecule has 0 saturated heterocycles. The van der Waals surface area contributed by atoms with Gasteiger partial charge in [0.25, 0.3) is 5.91 Å². The lowest BCUT2D eigenvalue weighted by Crippen LogP contribution is -2.36. The number of carbonyl (C=O) groups excluding carboxylic acids is 1. The highest BCUT2D eigenvalue weighted by atomic mass is 16.2. The van der Waals surface area contributed by atoms with Crippen LogP contribution in [0.3, 0.4) is 0 Å². The highest BCUT2D eigenvalue weighted by Gasteiger charge is 2.26. The van der Waals surface area contributed by atoms with Crippen LogP contribution in [0.15, 0.2) is 12.3 Å². The molecule has 0 bridgehead atoms. The molecule has 1 unspecified atom stereocenters. The van der Waals surface area contributed by atoms with Crippen LogP contribution < -0.4 is 11.1 Å². The number of carbonyl (C=O) groups is 1. The second-order valence-electron chi connectivity index (χ2n) is 5.92. The maximum atomic E-state index is 12.4. The maximum absolute atomic E-state index is 12.4. The van der Waals surface area contributed by atoms with Crippen LogP contribution in [-0.2, 0) is 0 Å². The molecule has 1 aliphatic carbocycles. The minimum absolute atomic E-state index is 0.00194. The topological polar surface area (TPSA) is 60.1 Å². The first-order valence-corrected chi connectivity index (χ1v) is 7.29. The third-order valence-electron chi connectivity index (χ3n) is 3.80. The number of amides is 1. The first-order chi connectivity index (χ1) is 9.01. The summed E-state index contributed by atoms with van der Waals surface area (Å²) in [6.07, 6.45) is 6.57. The number of hydrogen-bond donors (Lipinski definition) is 2. The minimum Gasteiger partial charge on any atom is -0.397 e. The molecular weight excluding hydrogens is 238 g/mol. The van der Waals surface area contributed by atoms with E-state index in [0.29, 0.717) is 11.4 Å². The van der Waals surface area contributed by atoms with Gasteiger partial charge in [0, 0.05) is 18.3 Å². The van der Waals surface area contributed by atoms with Crippen molar-refractivity contribution >= 4 is 11.6 Å². The summed E-state index contributed by atoms with van der Waals surface area (Å²) in [6.45, 7) is 6.23. The molecule has 0 spiro atoms. The molecule has 1 atom stereocenters. The Morgan fingerprint density at radius 2 is 2.21 bits per heavy atom. The van der Waals surface area contributed by atoms with Crippen LogP contribution >= 0.6 is 0 Å². The summed E-state index contributed by atoms with van der Waals surface area (Å²) in [5.74, 6) is 0.824. The molecule has 3 N–H and O–H groups in total. The van der Waals surface area contributed by atoms with E-state index in [1.54, 1.807) is 6.07 Å². The highest BCUT2D eigenvalue weighted by Crippen LogP contribution is 2.34. The van der Waals surface area contributed by atoms with Crippen LogP contribution in [0.1, 0.15) is 63.0 Å². The Labute approximate surface area is 115 Å². The van der Waals surface area contributed by atoms with Gasteiger partial charge in [-0.05, 0) is 38.7 Å². The second-order valence-corrected chi connectivity index (χ2v) is 5.92. The molecule has 0 aromatic carbocycles. The van der Waals surface area contributed by atoms with E-state index in [4.69, 9.17) is 5.73 Å². The Kier molecular flexibility index (Phi) is 4.17.